The lowest BCUT2D eigenvalue weighted by Crippen LogP contribution is -2.19. The van der Waals surface area contributed by atoms with E-state index in [1.54, 1.807) is 6.33 Å². The molecule has 0 radical (unpaired) electrons. The maximum atomic E-state index is 11.9. The van der Waals surface area contributed by atoms with Gasteiger partial charge in [-0.1, -0.05) is 18.2 Å². The Balaban J connectivity index is 2.06. The summed E-state index contributed by atoms with van der Waals surface area (Å²) in [6.45, 7) is 2.25. The van der Waals surface area contributed by atoms with Crippen molar-refractivity contribution in [2.24, 2.45) is 0 Å². The van der Waals surface area contributed by atoms with E-state index in [1.807, 2.05) is 35.8 Å². The summed E-state index contributed by atoms with van der Waals surface area (Å²) in [6.07, 6.45) is 1.68. The molecule has 1 heterocycles. The predicted octanol–water partition coefficient (Wildman–Crippen LogP) is 3.04. The first-order valence-electron chi connectivity index (χ1n) is 5.29. The molecule has 0 saturated heterocycles. The molecule has 2 aromatic rings. The first kappa shape index (κ1) is 13.8. The summed E-state index contributed by atoms with van der Waals surface area (Å²) in [6, 6.07) is 7.73. The highest BCUT2D eigenvalue weighted by molar-refractivity contribution is 14.1. The van der Waals surface area contributed by atoms with Gasteiger partial charge in [0.15, 0.2) is 0 Å². The van der Waals surface area contributed by atoms with Gasteiger partial charge in [0.05, 0.1) is 6.33 Å². The third-order valence-corrected chi connectivity index (χ3v) is 5.42. The van der Waals surface area contributed by atoms with Gasteiger partial charge in [0.2, 0.25) is 5.91 Å². The van der Waals surface area contributed by atoms with E-state index in [2.05, 4.69) is 55.5 Å². The minimum Gasteiger partial charge on any atom is -0.324 e. The Kier molecular flexibility index (Phi) is 4.60. The van der Waals surface area contributed by atoms with E-state index in [9.17, 15) is 4.79 Å². The summed E-state index contributed by atoms with van der Waals surface area (Å²) in [5, 5.41) is 2.90. The minimum absolute atomic E-state index is 0.0454. The fourth-order valence-corrected chi connectivity index (χ4v) is 2.38. The molecule has 18 heavy (non-hydrogen) atoms. The van der Waals surface area contributed by atoms with E-state index >= 15 is 0 Å². The van der Waals surface area contributed by atoms with Crippen LogP contribution >= 0.6 is 45.2 Å². The molecular weight excluding hydrogens is 456 g/mol. The van der Waals surface area contributed by atoms with Crippen molar-refractivity contribution in [3.8, 4) is 0 Å². The largest absolute Gasteiger partial charge is 0.324 e. The number of imidazole rings is 1. The van der Waals surface area contributed by atoms with Crippen LogP contribution in [0.15, 0.2) is 30.6 Å². The number of halogens is 2. The van der Waals surface area contributed by atoms with Crippen LogP contribution in [0.4, 0.5) is 5.69 Å². The van der Waals surface area contributed by atoms with Crippen molar-refractivity contribution >= 4 is 56.8 Å². The van der Waals surface area contributed by atoms with E-state index in [1.165, 1.54) is 0 Å². The normalized spacial score (nSPS) is 10.4. The van der Waals surface area contributed by atoms with Gasteiger partial charge in [-0.05, 0) is 63.7 Å². The average Bonchev–Trinajstić information content (AvgIpc) is 2.64. The number of aromatic nitrogens is 2. The summed E-state index contributed by atoms with van der Waals surface area (Å²) in [4.78, 5) is 16.1. The molecule has 1 aromatic heterocycles. The first-order chi connectivity index (χ1) is 8.58. The second-order valence-electron chi connectivity index (χ2n) is 3.82. The molecule has 0 atom stereocenters. The van der Waals surface area contributed by atoms with E-state index in [0.29, 0.717) is 0 Å². The number of rotatable bonds is 3. The number of aryl methyl sites for hydroxylation is 1. The van der Waals surface area contributed by atoms with Crippen molar-refractivity contribution in [1.29, 1.82) is 0 Å². The Morgan fingerprint density at radius 3 is 2.72 bits per heavy atom. The fourth-order valence-electron chi connectivity index (χ4n) is 1.51. The number of carbonyl (C=O) groups is 1. The Hall–Kier alpha value is -0.640. The number of amides is 1. The van der Waals surface area contributed by atoms with Crippen molar-refractivity contribution in [2.45, 2.75) is 13.5 Å². The van der Waals surface area contributed by atoms with E-state index in [4.69, 9.17) is 0 Å². The number of hydrogen-bond donors (Lipinski definition) is 1. The molecule has 1 aromatic carbocycles. The smallest absolute Gasteiger partial charge is 0.244 e. The van der Waals surface area contributed by atoms with Crippen LogP contribution in [-0.2, 0) is 11.3 Å². The van der Waals surface area contributed by atoms with Crippen LogP contribution in [0.1, 0.15) is 5.56 Å². The van der Waals surface area contributed by atoms with Crippen molar-refractivity contribution in [3.63, 3.8) is 0 Å². The van der Waals surface area contributed by atoms with Crippen LogP contribution in [0.3, 0.4) is 0 Å². The van der Waals surface area contributed by atoms with Crippen LogP contribution in [0.5, 0.6) is 0 Å². The van der Waals surface area contributed by atoms with Crippen LogP contribution in [0.25, 0.3) is 0 Å². The van der Waals surface area contributed by atoms with E-state index < -0.39 is 0 Å². The van der Waals surface area contributed by atoms with E-state index in [0.717, 1.165) is 18.7 Å². The van der Waals surface area contributed by atoms with Gasteiger partial charge in [-0.25, -0.2) is 4.98 Å². The molecular formula is C12H11I2N3O. The van der Waals surface area contributed by atoms with Crippen molar-refractivity contribution in [3.05, 3.63) is 43.6 Å². The molecule has 1 amide bonds. The Morgan fingerprint density at radius 1 is 1.39 bits per heavy atom. The second-order valence-corrected chi connectivity index (χ2v) is 5.86. The van der Waals surface area contributed by atoms with Crippen LogP contribution in [0.2, 0.25) is 0 Å². The minimum atomic E-state index is -0.0454. The average molecular weight is 467 g/mol. The molecule has 0 bridgehead atoms. The van der Waals surface area contributed by atoms with Gasteiger partial charge in [-0.3, -0.25) is 4.79 Å². The number of hydrogen-bond acceptors (Lipinski definition) is 2. The number of anilines is 1. The highest BCUT2D eigenvalue weighted by Crippen LogP contribution is 2.15. The molecule has 0 aliphatic rings. The lowest BCUT2D eigenvalue weighted by molar-refractivity contribution is -0.116. The third-order valence-electron chi connectivity index (χ3n) is 2.47. The summed E-state index contributed by atoms with van der Waals surface area (Å²) in [5.41, 5.74) is 1.91. The zero-order valence-corrected chi connectivity index (χ0v) is 14.0. The maximum absolute atomic E-state index is 11.9. The fraction of sp³-hybridized carbons (Fsp3) is 0.167. The zero-order chi connectivity index (χ0) is 13.1. The Bertz CT molecular complexity index is 580. The Labute approximate surface area is 132 Å². The number of carbonyl (C=O) groups excluding carboxylic acids is 1. The second kappa shape index (κ2) is 6.00. The zero-order valence-electron chi connectivity index (χ0n) is 9.65. The first-order valence-corrected chi connectivity index (χ1v) is 7.45. The lowest BCUT2D eigenvalue weighted by atomic mass is 10.2. The summed E-state index contributed by atoms with van der Waals surface area (Å²) in [5.74, 6) is -0.0454. The highest BCUT2D eigenvalue weighted by atomic mass is 127. The SMILES string of the molecule is Cc1ccccc1NC(=O)Cn1cnc(I)c1I. The molecule has 0 spiro atoms. The summed E-state index contributed by atoms with van der Waals surface area (Å²) in [7, 11) is 0. The van der Waals surface area contributed by atoms with Crippen molar-refractivity contribution < 1.29 is 4.79 Å². The van der Waals surface area contributed by atoms with Gasteiger partial charge in [0.25, 0.3) is 0 Å². The summed E-state index contributed by atoms with van der Waals surface area (Å²) >= 11 is 4.33. The molecule has 0 aliphatic carbocycles. The molecule has 6 heteroatoms. The van der Waals surface area contributed by atoms with Gasteiger partial charge < -0.3 is 9.88 Å². The predicted molar refractivity (Wildman–Crippen MR) is 87.5 cm³/mol. The maximum Gasteiger partial charge on any atom is 0.244 e. The number of para-hydroxylation sites is 1. The molecule has 2 rings (SSSR count). The molecule has 0 unspecified atom stereocenters. The van der Waals surface area contributed by atoms with Crippen LogP contribution in [0, 0.1) is 14.3 Å². The quantitative estimate of drug-likeness (QED) is 0.707. The Morgan fingerprint density at radius 2 is 2.11 bits per heavy atom. The van der Waals surface area contributed by atoms with Gasteiger partial charge in [0, 0.05) is 5.69 Å². The highest BCUT2D eigenvalue weighted by Gasteiger charge is 2.09. The molecule has 0 saturated carbocycles. The van der Waals surface area contributed by atoms with E-state index in [-0.39, 0.29) is 12.5 Å². The van der Waals surface area contributed by atoms with Gasteiger partial charge >= 0.3 is 0 Å². The molecule has 0 fully saturated rings. The number of nitrogens with zero attached hydrogens (tertiary/aromatic N) is 2. The number of nitrogens with one attached hydrogen (secondary N) is 1. The standard InChI is InChI=1S/C12H11I2N3O/c1-8-4-2-3-5-9(8)16-10(18)6-17-7-15-11(13)12(17)14/h2-5,7H,6H2,1H3,(H,16,18). The monoisotopic (exact) mass is 467 g/mol. The van der Waals surface area contributed by atoms with Crippen molar-refractivity contribution in [2.75, 3.05) is 5.32 Å². The topological polar surface area (TPSA) is 46.9 Å². The number of benzene rings is 1. The van der Waals surface area contributed by atoms with Gasteiger partial charge in [0.1, 0.15) is 13.9 Å². The molecule has 0 aliphatic heterocycles. The molecule has 4 nitrogen and oxygen atoms in total. The summed E-state index contributed by atoms with van der Waals surface area (Å²) < 4.78 is 3.72. The van der Waals surface area contributed by atoms with Gasteiger partial charge in [-0.15, -0.1) is 0 Å². The third kappa shape index (κ3) is 3.22. The molecule has 1 N–H and O–H groups in total. The van der Waals surface area contributed by atoms with Gasteiger partial charge in [-0.2, -0.15) is 0 Å². The molecule has 94 valence electrons. The van der Waals surface area contributed by atoms with Crippen LogP contribution < -0.4 is 5.32 Å². The van der Waals surface area contributed by atoms with Crippen LogP contribution in [-0.4, -0.2) is 15.5 Å². The van der Waals surface area contributed by atoms with Crippen molar-refractivity contribution in [1.82, 2.24) is 9.55 Å². The lowest BCUT2D eigenvalue weighted by Gasteiger charge is -2.08.